The van der Waals surface area contributed by atoms with E-state index in [0.29, 0.717) is 0 Å². The van der Waals surface area contributed by atoms with Crippen LogP contribution in [0.2, 0.25) is 0 Å². The number of carbonyl (C=O) groups excluding carboxylic acids is 8. The Balaban J connectivity index is 2.74. The van der Waals surface area contributed by atoms with Gasteiger partial charge in [0.2, 0.25) is 24.5 Å². The molecule has 0 aromatic rings. The number of carbonyl (C=O) groups is 8. The first-order valence-electron chi connectivity index (χ1n) is 14.1. The lowest BCUT2D eigenvalue weighted by Crippen LogP contribution is -2.67. The average Bonchev–Trinajstić information content (AvgIpc) is 2.90. The molecule has 2 rings (SSSR count). The van der Waals surface area contributed by atoms with E-state index in [9.17, 15) is 38.4 Å². The van der Waals surface area contributed by atoms with Gasteiger partial charge in [-0.3, -0.25) is 38.4 Å². The molecule has 0 amide bonds. The zero-order valence-electron chi connectivity index (χ0n) is 27.0. The minimum absolute atomic E-state index is 0.595. The molecule has 0 bridgehead atoms. The Hall–Kier alpha value is -4.36. The van der Waals surface area contributed by atoms with E-state index in [2.05, 4.69) is 0 Å². The van der Waals surface area contributed by atoms with Gasteiger partial charge in [0.15, 0.2) is 24.4 Å². The van der Waals surface area contributed by atoms with Crippen LogP contribution in [0.25, 0.3) is 0 Å². The van der Waals surface area contributed by atoms with Crippen molar-refractivity contribution in [2.45, 2.75) is 117 Å². The lowest BCUT2D eigenvalue weighted by Gasteiger charge is -2.49. The van der Waals surface area contributed by atoms with E-state index in [0.717, 1.165) is 55.4 Å². The third-order valence-electron chi connectivity index (χ3n) is 6.15. The van der Waals surface area contributed by atoms with Crippen LogP contribution < -0.4 is 0 Å². The highest BCUT2D eigenvalue weighted by Gasteiger charge is 2.59. The molecule has 2 aliphatic heterocycles. The molecule has 2 saturated heterocycles. The van der Waals surface area contributed by atoms with E-state index < -0.39 is 122 Å². The van der Waals surface area contributed by atoms with E-state index >= 15 is 0 Å². The van der Waals surface area contributed by atoms with Crippen molar-refractivity contribution in [3.8, 4) is 0 Å². The third-order valence-corrected chi connectivity index (χ3v) is 6.15. The summed E-state index contributed by atoms with van der Waals surface area (Å²) < 4.78 is 60.3. The van der Waals surface area contributed by atoms with Crippen molar-refractivity contribution in [2.75, 3.05) is 13.2 Å². The van der Waals surface area contributed by atoms with E-state index in [4.69, 9.17) is 52.1 Å². The zero-order chi connectivity index (χ0) is 35.6. The van der Waals surface area contributed by atoms with Gasteiger partial charge in [0, 0.05) is 61.8 Å². The van der Waals surface area contributed by atoms with Crippen LogP contribution in [0.15, 0.2) is 0 Å². The summed E-state index contributed by atoms with van der Waals surface area (Å²) >= 11 is 0. The van der Waals surface area contributed by atoms with Crippen molar-refractivity contribution in [2.24, 2.45) is 0 Å². The molecule has 0 spiro atoms. The molecule has 19 nitrogen and oxygen atoms in total. The molecular weight excluding hydrogens is 640 g/mol. The number of esters is 8. The predicted octanol–water partition coefficient (Wildman–Crippen LogP) is -0.482. The molecule has 2 fully saturated rings. The standard InChI is InChI=1S/C28H38O19/c1-12(29)37-10-21-22(40-15(4)32)24(42-17(6)34)25(43-18(7)35)27(45-21)47-28(11-38-13(2)30)9-20(39-14(3)31)23(41-16(5)33)26(46-28)44-19(8)36/h20-27H,9-11H2,1-8H3/t20?,21?,22-,23?,24?,25?,26+,27-,28?/m0/s1. The average molecular weight is 679 g/mol. The maximum Gasteiger partial charge on any atom is 0.305 e. The Morgan fingerprint density at radius 1 is 0.532 bits per heavy atom. The summed E-state index contributed by atoms with van der Waals surface area (Å²) in [5.74, 6) is -9.38. The van der Waals surface area contributed by atoms with Crippen molar-refractivity contribution in [3.63, 3.8) is 0 Å². The summed E-state index contributed by atoms with van der Waals surface area (Å²) in [5.41, 5.74) is 0. The predicted molar refractivity (Wildman–Crippen MR) is 145 cm³/mol. The number of ether oxygens (including phenoxy) is 11. The Labute approximate surface area is 268 Å². The second-order valence-electron chi connectivity index (χ2n) is 10.4. The van der Waals surface area contributed by atoms with Crippen LogP contribution in [-0.2, 0) is 90.5 Å². The molecule has 6 unspecified atom stereocenters. The van der Waals surface area contributed by atoms with E-state index in [1.54, 1.807) is 0 Å². The van der Waals surface area contributed by atoms with Crippen molar-refractivity contribution in [1.29, 1.82) is 0 Å². The molecular formula is C28H38O19. The smallest absolute Gasteiger partial charge is 0.305 e. The van der Waals surface area contributed by atoms with E-state index in [1.807, 2.05) is 0 Å². The molecule has 19 heteroatoms. The first kappa shape index (κ1) is 38.8. The minimum atomic E-state index is -2.31. The topological polar surface area (TPSA) is 238 Å². The normalized spacial score (nSPS) is 30.0. The molecule has 0 radical (unpaired) electrons. The molecule has 0 saturated carbocycles. The van der Waals surface area contributed by atoms with Crippen LogP contribution in [0.1, 0.15) is 61.8 Å². The fourth-order valence-corrected chi connectivity index (χ4v) is 4.73. The molecule has 0 aromatic carbocycles. The Kier molecular flexibility index (Phi) is 14.0. The van der Waals surface area contributed by atoms with Gasteiger partial charge < -0.3 is 52.1 Å². The zero-order valence-corrected chi connectivity index (χ0v) is 27.0. The molecule has 264 valence electrons. The highest BCUT2D eigenvalue weighted by Crippen LogP contribution is 2.39. The molecule has 9 atom stereocenters. The van der Waals surface area contributed by atoms with Gasteiger partial charge in [-0.15, -0.1) is 0 Å². The Morgan fingerprint density at radius 2 is 1.00 bits per heavy atom. The molecule has 0 aromatic heterocycles. The maximum atomic E-state index is 12.3. The first-order chi connectivity index (χ1) is 21.8. The summed E-state index contributed by atoms with van der Waals surface area (Å²) in [4.78, 5) is 96.3. The van der Waals surface area contributed by atoms with Crippen molar-refractivity contribution < 1.29 is 90.5 Å². The second-order valence-corrected chi connectivity index (χ2v) is 10.4. The Morgan fingerprint density at radius 3 is 1.49 bits per heavy atom. The molecule has 2 heterocycles. The van der Waals surface area contributed by atoms with Crippen LogP contribution in [0, 0.1) is 0 Å². The summed E-state index contributed by atoms with van der Waals surface area (Å²) in [5, 5.41) is 0. The number of hydrogen-bond donors (Lipinski definition) is 0. The number of hydrogen-bond acceptors (Lipinski definition) is 19. The monoisotopic (exact) mass is 678 g/mol. The van der Waals surface area contributed by atoms with Crippen LogP contribution in [0.4, 0.5) is 0 Å². The highest BCUT2D eigenvalue weighted by molar-refractivity contribution is 5.69. The molecule has 0 aliphatic carbocycles. The summed E-state index contributed by atoms with van der Waals surface area (Å²) in [7, 11) is 0. The van der Waals surface area contributed by atoms with Crippen molar-refractivity contribution in [3.05, 3.63) is 0 Å². The van der Waals surface area contributed by atoms with Gasteiger partial charge in [0.05, 0.1) is 0 Å². The maximum absolute atomic E-state index is 12.3. The summed E-state index contributed by atoms with van der Waals surface area (Å²) in [6.45, 7) is 6.81. The van der Waals surface area contributed by atoms with Crippen molar-refractivity contribution >= 4 is 47.8 Å². The fourth-order valence-electron chi connectivity index (χ4n) is 4.73. The van der Waals surface area contributed by atoms with Gasteiger partial charge >= 0.3 is 47.8 Å². The third kappa shape index (κ3) is 12.1. The lowest BCUT2D eigenvalue weighted by atomic mass is 9.96. The summed E-state index contributed by atoms with van der Waals surface area (Å²) in [6, 6.07) is 0. The van der Waals surface area contributed by atoms with Crippen LogP contribution >= 0.6 is 0 Å². The molecule has 2 aliphatic rings. The largest absolute Gasteiger partial charge is 0.463 e. The quantitative estimate of drug-likeness (QED) is 0.187. The molecule has 47 heavy (non-hydrogen) atoms. The first-order valence-corrected chi connectivity index (χ1v) is 14.1. The lowest BCUT2D eigenvalue weighted by molar-refractivity contribution is -0.422. The van der Waals surface area contributed by atoms with Crippen LogP contribution in [-0.4, -0.2) is 116 Å². The van der Waals surface area contributed by atoms with Gasteiger partial charge in [0.1, 0.15) is 19.3 Å². The van der Waals surface area contributed by atoms with E-state index in [1.165, 1.54) is 0 Å². The Bertz CT molecular complexity index is 1190. The summed E-state index contributed by atoms with van der Waals surface area (Å²) in [6.07, 6.45) is -13.7. The second kappa shape index (κ2) is 17.0. The van der Waals surface area contributed by atoms with Gasteiger partial charge in [-0.05, 0) is 0 Å². The highest BCUT2D eigenvalue weighted by atomic mass is 16.8. The van der Waals surface area contributed by atoms with Gasteiger partial charge in [-0.25, -0.2) is 0 Å². The number of rotatable bonds is 12. The molecule has 0 N–H and O–H groups in total. The van der Waals surface area contributed by atoms with E-state index in [-0.39, 0.29) is 0 Å². The van der Waals surface area contributed by atoms with Gasteiger partial charge in [-0.2, -0.15) is 0 Å². The van der Waals surface area contributed by atoms with Crippen LogP contribution in [0.5, 0.6) is 0 Å². The van der Waals surface area contributed by atoms with Gasteiger partial charge in [-0.1, -0.05) is 0 Å². The minimum Gasteiger partial charge on any atom is -0.463 e. The fraction of sp³-hybridized carbons (Fsp3) is 0.714. The van der Waals surface area contributed by atoms with Crippen molar-refractivity contribution in [1.82, 2.24) is 0 Å². The van der Waals surface area contributed by atoms with Gasteiger partial charge in [0.25, 0.3) is 0 Å². The SMILES string of the molecule is CC(=O)OCC1O[C@@H](OC2(COC(C)=O)CC(OC(C)=O)C(OC(C)=O)[C@H](OC(C)=O)O2)C(OC(C)=O)C(OC(C)=O)[C@H]1OC(C)=O. The van der Waals surface area contributed by atoms with Crippen LogP contribution in [0.3, 0.4) is 0 Å².